The molecular weight excluding hydrogens is 361 g/mol. The monoisotopic (exact) mass is 381 g/mol. The lowest BCUT2D eigenvalue weighted by Crippen LogP contribution is -2.23. The number of halogens is 1. The first-order valence-corrected chi connectivity index (χ1v) is 9.13. The van der Waals surface area contributed by atoms with Crippen LogP contribution in [0.2, 0.25) is 0 Å². The maximum absolute atomic E-state index is 13.0. The van der Waals surface area contributed by atoms with Gasteiger partial charge in [0, 0.05) is 17.5 Å². The molecule has 0 unspecified atom stereocenters. The zero-order chi connectivity index (χ0) is 19.5. The number of carbonyl (C=O) groups excluding carboxylic acids is 1. The highest BCUT2D eigenvalue weighted by atomic mass is 19.1. The minimum atomic E-state index is -0.297. The van der Waals surface area contributed by atoms with Crippen LogP contribution >= 0.6 is 0 Å². The van der Waals surface area contributed by atoms with Gasteiger partial charge in [-0.05, 0) is 56.2 Å². The number of carbonyl (C=O) groups is 1. The Morgan fingerprint density at radius 1 is 1.21 bits per heavy atom. The Labute approximate surface area is 161 Å². The molecule has 144 valence electrons. The number of hydrogen-bond donors (Lipinski definition) is 2. The molecule has 7 heteroatoms. The van der Waals surface area contributed by atoms with E-state index in [0.29, 0.717) is 23.8 Å². The maximum atomic E-state index is 13.0. The molecule has 0 aliphatic heterocycles. The van der Waals surface area contributed by atoms with E-state index in [-0.39, 0.29) is 11.7 Å². The predicted octanol–water partition coefficient (Wildman–Crippen LogP) is 4.40. The standard InChI is InChI=1S/C21H20FN3O3/c1-13-19-17(25-24-15-9-7-14(22)8-10-15)5-2-6-18(19)28-20(13)21(26)23-12-16-4-3-11-27-16/h3-4,7-11,24H,2,5-6,12H2,1H3,(H,23,26)/b25-17+. The van der Waals surface area contributed by atoms with Gasteiger partial charge in [-0.1, -0.05) is 0 Å². The van der Waals surface area contributed by atoms with Crippen molar-refractivity contribution in [3.63, 3.8) is 0 Å². The lowest BCUT2D eigenvalue weighted by atomic mass is 9.93. The molecule has 0 fully saturated rings. The predicted molar refractivity (Wildman–Crippen MR) is 103 cm³/mol. The Hall–Kier alpha value is -3.35. The largest absolute Gasteiger partial charge is 0.467 e. The topological polar surface area (TPSA) is 79.8 Å². The highest BCUT2D eigenvalue weighted by Crippen LogP contribution is 2.30. The first kappa shape index (κ1) is 18.0. The second-order valence-electron chi connectivity index (χ2n) is 6.65. The van der Waals surface area contributed by atoms with Gasteiger partial charge >= 0.3 is 0 Å². The molecule has 0 bridgehead atoms. The molecule has 2 heterocycles. The Kier molecular flexibility index (Phi) is 4.97. The molecule has 0 saturated heterocycles. The number of fused-ring (bicyclic) bond motifs is 1. The number of hydrogen-bond acceptors (Lipinski definition) is 5. The number of aryl methyl sites for hydroxylation is 1. The molecule has 1 aliphatic carbocycles. The number of amides is 1. The molecule has 1 amide bonds. The van der Waals surface area contributed by atoms with Crippen molar-refractivity contribution in [2.45, 2.75) is 32.7 Å². The molecule has 0 saturated carbocycles. The molecular formula is C21H20FN3O3. The summed E-state index contributed by atoms with van der Waals surface area (Å²) in [5, 5.41) is 7.29. The lowest BCUT2D eigenvalue weighted by Gasteiger charge is -2.13. The van der Waals surface area contributed by atoms with Gasteiger partial charge in [-0.2, -0.15) is 5.10 Å². The third kappa shape index (κ3) is 3.69. The van der Waals surface area contributed by atoms with Crippen LogP contribution in [0.1, 0.15) is 46.0 Å². The number of benzene rings is 1. The third-order valence-corrected chi connectivity index (χ3v) is 4.70. The van der Waals surface area contributed by atoms with Gasteiger partial charge in [0.1, 0.15) is 17.3 Å². The summed E-state index contributed by atoms with van der Waals surface area (Å²) in [5.74, 6) is 1.16. The van der Waals surface area contributed by atoms with Crippen molar-refractivity contribution in [1.82, 2.24) is 5.32 Å². The van der Waals surface area contributed by atoms with Crippen molar-refractivity contribution in [3.8, 4) is 0 Å². The molecule has 28 heavy (non-hydrogen) atoms. The normalized spacial score (nSPS) is 14.7. The van der Waals surface area contributed by atoms with Gasteiger partial charge in [-0.25, -0.2) is 4.39 Å². The van der Waals surface area contributed by atoms with Crippen molar-refractivity contribution < 1.29 is 18.0 Å². The first-order chi connectivity index (χ1) is 13.6. The SMILES string of the molecule is Cc1c(C(=O)NCc2ccco2)oc2c1/C(=N/Nc1ccc(F)cc1)CCC2. The Morgan fingerprint density at radius 3 is 2.79 bits per heavy atom. The van der Waals surface area contributed by atoms with Crippen LogP contribution in [0, 0.1) is 12.7 Å². The van der Waals surface area contributed by atoms with Crippen LogP contribution in [0.25, 0.3) is 0 Å². The van der Waals surface area contributed by atoms with Crippen LogP contribution in [0.5, 0.6) is 0 Å². The van der Waals surface area contributed by atoms with Crippen molar-refractivity contribution in [1.29, 1.82) is 0 Å². The van der Waals surface area contributed by atoms with E-state index >= 15 is 0 Å². The fourth-order valence-electron chi connectivity index (χ4n) is 3.31. The second kappa shape index (κ2) is 7.72. The van der Waals surface area contributed by atoms with Gasteiger partial charge in [0.15, 0.2) is 5.76 Å². The molecule has 1 aliphatic rings. The van der Waals surface area contributed by atoms with E-state index in [4.69, 9.17) is 8.83 Å². The quantitative estimate of drug-likeness (QED) is 0.642. The summed E-state index contributed by atoms with van der Waals surface area (Å²) in [6.07, 6.45) is 3.98. The van der Waals surface area contributed by atoms with Crippen LogP contribution in [0.3, 0.4) is 0 Å². The zero-order valence-electron chi connectivity index (χ0n) is 15.4. The number of furan rings is 2. The van der Waals surface area contributed by atoms with Gasteiger partial charge in [0.05, 0.1) is 24.2 Å². The van der Waals surface area contributed by atoms with Gasteiger partial charge in [-0.3, -0.25) is 10.2 Å². The molecule has 0 atom stereocenters. The molecule has 6 nitrogen and oxygen atoms in total. The highest BCUT2D eigenvalue weighted by Gasteiger charge is 2.27. The molecule has 1 aromatic carbocycles. The summed E-state index contributed by atoms with van der Waals surface area (Å²) < 4.78 is 24.1. The van der Waals surface area contributed by atoms with E-state index in [0.717, 1.165) is 41.9 Å². The highest BCUT2D eigenvalue weighted by molar-refractivity contribution is 6.06. The van der Waals surface area contributed by atoms with E-state index in [1.54, 1.807) is 30.5 Å². The Balaban J connectivity index is 1.54. The fraction of sp³-hybridized carbons (Fsp3) is 0.238. The summed E-state index contributed by atoms with van der Waals surface area (Å²) in [6.45, 7) is 2.16. The Bertz CT molecular complexity index is 1000. The second-order valence-corrected chi connectivity index (χ2v) is 6.65. The van der Waals surface area contributed by atoms with Gasteiger partial charge in [0.2, 0.25) is 0 Å². The summed E-state index contributed by atoms with van der Waals surface area (Å²) in [5.41, 5.74) is 6.13. The smallest absolute Gasteiger partial charge is 0.287 e. The number of rotatable bonds is 5. The van der Waals surface area contributed by atoms with E-state index in [1.807, 2.05) is 6.92 Å². The third-order valence-electron chi connectivity index (χ3n) is 4.70. The van der Waals surface area contributed by atoms with Crippen LogP contribution in [0.15, 0.2) is 56.6 Å². The molecule has 4 rings (SSSR count). The first-order valence-electron chi connectivity index (χ1n) is 9.13. The van der Waals surface area contributed by atoms with Crippen LogP contribution < -0.4 is 10.7 Å². The van der Waals surface area contributed by atoms with Gasteiger partial charge in [-0.15, -0.1) is 0 Å². The molecule has 2 N–H and O–H groups in total. The Morgan fingerprint density at radius 2 is 2.04 bits per heavy atom. The average molecular weight is 381 g/mol. The van der Waals surface area contributed by atoms with Crippen molar-refractivity contribution in [3.05, 3.63) is 76.9 Å². The number of nitrogens with one attached hydrogen (secondary N) is 2. The van der Waals surface area contributed by atoms with Crippen LogP contribution in [0.4, 0.5) is 10.1 Å². The van der Waals surface area contributed by atoms with Gasteiger partial charge < -0.3 is 14.2 Å². The minimum absolute atomic E-state index is 0.283. The van der Waals surface area contributed by atoms with E-state index in [1.165, 1.54) is 12.1 Å². The zero-order valence-corrected chi connectivity index (χ0v) is 15.4. The van der Waals surface area contributed by atoms with E-state index in [2.05, 4.69) is 15.8 Å². The summed E-state index contributed by atoms with van der Waals surface area (Å²) in [4.78, 5) is 12.6. The fourth-order valence-corrected chi connectivity index (χ4v) is 3.31. The number of hydrazone groups is 1. The van der Waals surface area contributed by atoms with E-state index in [9.17, 15) is 9.18 Å². The summed E-state index contributed by atoms with van der Waals surface area (Å²) in [7, 11) is 0. The van der Waals surface area contributed by atoms with Gasteiger partial charge in [0.25, 0.3) is 5.91 Å². The molecule has 2 aromatic heterocycles. The minimum Gasteiger partial charge on any atom is -0.467 e. The average Bonchev–Trinajstić information content (AvgIpc) is 3.34. The molecule has 3 aromatic rings. The van der Waals surface area contributed by atoms with Crippen LogP contribution in [-0.2, 0) is 13.0 Å². The van der Waals surface area contributed by atoms with E-state index < -0.39 is 0 Å². The maximum Gasteiger partial charge on any atom is 0.287 e. The summed E-state index contributed by atoms with van der Waals surface area (Å²) in [6, 6.07) is 9.57. The molecule has 0 radical (unpaired) electrons. The van der Waals surface area contributed by atoms with Crippen molar-refractivity contribution in [2.75, 3.05) is 5.43 Å². The van der Waals surface area contributed by atoms with Crippen molar-refractivity contribution >= 4 is 17.3 Å². The lowest BCUT2D eigenvalue weighted by molar-refractivity contribution is 0.0917. The number of nitrogens with zero attached hydrogens (tertiary/aromatic N) is 1. The summed E-state index contributed by atoms with van der Waals surface area (Å²) >= 11 is 0. The molecule has 0 spiro atoms. The van der Waals surface area contributed by atoms with Crippen LogP contribution in [-0.4, -0.2) is 11.6 Å². The van der Waals surface area contributed by atoms with Crippen molar-refractivity contribution in [2.24, 2.45) is 5.10 Å². The number of anilines is 1.